The van der Waals surface area contributed by atoms with Gasteiger partial charge in [0.25, 0.3) is 0 Å². The quantitative estimate of drug-likeness (QED) is 0.681. The Morgan fingerprint density at radius 2 is 1.95 bits per heavy atom. The van der Waals surface area contributed by atoms with Gasteiger partial charge in [-0.05, 0) is 12.5 Å². The van der Waals surface area contributed by atoms with Gasteiger partial charge in [0.2, 0.25) is 0 Å². The van der Waals surface area contributed by atoms with Gasteiger partial charge in [0.05, 0.1) is 19.6 Å². The van der Waals surface area contributed by atoms with Gasteiger partial charge in [0.1, 0.15) is 6.54 Å². The number of carbonyl (C=O) groups is 1. The summed E-state index contributed by atoms with van der Waals surface area (Å²) in [5, 5.41) is 10.5. The highest BCUT2D eigenvalue weighted by molar-refractivity contribution is 7.99. The number of ether oxygens (including phenoxy) is 1. The predicted octanol–water partition coefficient (Wildman–Crippen LogP) is 1.77. The van der Waals surface area contributed by atoms with Gasteiger partial charge in [-0.15, -0.1) is 0 Å². The van der Waals surface area contributed by atoms with Crippen molar-refractivity contribution in [1.82, 2.24) is 0 Å². The molecular weight excluding hydrogens is 298 g/mol. The lowest BCUT2D eigenvalue weighted by Crippen LogP contribution is -2.52. The topological polar surface area (TPSA) is 46.5 Å². The fourth-order valence-corrected chi connectivity index (χ4v) is 4.65. The van der Waals surface area contributed by atoms with Crippen molar-refractivity contribution in [1.29, 1.82) is 0 Å². The first-order valence-corrected chi connectivity index (χ1v) is 9.09. The van der Waals surface area contributed by atoms with Crippen LogP contribution in [0, 0.1) is 0 Å². The maximum absolute atomic E-state index is 12.4. The second kappa shape index (κ2) is 6.22. The van der Waals surface area contributed by atoms with Crippen molar-refractivity contribution in [2.24, 2.45) is 0 Å². The fourth-order valence-electron chi connectivity index (χ4n) is 3.41. The number of hydrogen-bond donors (Lipinski definition) is 1. The smallest absolute Gasteiger partial charge is 0.343 e. The molecule has 0 aromatic heterocycles. The van der Waals surface area contributed by atoms with E-state index in [1.807, 2.05) is 30.0 Å². The third-order valence-corrected chi connectivity index (χ3v) is 5.89. The molecule has 1 N–H and O–H groups in total. The summed E-state index contributed by atoms with van der Waals surface area (Å²) < 4.78 is 6.73. The second-order valence-corrected chi connectivity index (χ2v) is 7.79. The van der Waals surface area contributed by atoms with E-state index in [9.17, 15) is 9.90 Å². The number of hydrogen-bond acceptors (Lipinski definition) is 4. The standard InChI is InChI=1S/C17H24NO3S/c1-17(20,14-5-3-2-4-6-14)16(19)21-15-7-8-18(13-15)9-11-22-12-10-18/h2-6,15,20H,7-13H2,1H3/q+1. The van der Waals surface area contributed by atoms with Crippen LogP contribution < -0.4 is 0 Å². The number of thioether (sulfide) groups is 1. The molecule has 2 heterocycles. The van der Waals surface area contributed by atoms with E-state index in [4.69, 9.17) is 4.74 Å². The molecule has 2 aliphatic rings. The summed E-state index contributed by atoms with van der Waals surface area (Å²) >= 11 is 2.01. The molecule has 2 saturated heterocycles. The second-order valence-electron chi connectivity index (χ2n) is 6.56. The number of aliphatic hydroxyl groups is 1. The monoisotopic (exact) mass is 322 g/mol. The van der Waals surface area contributed by atoms with Gasteiger partial charge in [0.15, 0.2) is 11.7 Å². The third-order valence-electron chi connectivity index (χ3n) is 4.94. The first-order chi connectivity index (χ1) is 10.5. The van der Waals surface area contributed by atoms with Gasteiger partial charge in [-0.1, -0.05) is 30.3 Å². The molecule has 22 heavy (non-hydrogen) atoms. The molecule has 0 bridgehead atoms. The van der Waals surface area contributed by atoms with Crippen LogP contribution in [0.3, 0.4) is 0 Å². The van der Waals surface area contributed by atoms with E-state index in [-0.39, 0.29) is 6.10 Å². The minimum Gasteiger partial charge on any atom is -0.454 e. The number of rotatable bonds is 3. The van der Waals surface area contributed by atoms with Crippen molar-refractivity contribution in [3.63, 3.8) is 0 Å². The minimum atomic E-state index is -1.58. The molecule has 0 radical (unpaired) electrons. The average molecular weight is 322 g/mol. The molecule has 120 valence electrons. The lowest BCUT2D eigenvalue weighted by molar-refractivity contribution is -0.914. The molecule has 2 unspecified atom stereocenters. The Balaban J connectivity index is 1.63. The van der Waals surface area contributed by atoms with Gasteiger partial charge in [0, 0.05) is 17.9 Å². The summed E-state index contributed by atoms with van der Waals surface area (Å²) in [6.45, 7) is 5.85. The lowest BCUT2D eigenvalue weighted by Gasteiger charge is -2.37. The van der Waals surface area contributed by atoms with Crippen LogP contribution in [0.5, 0.6) is 0 Å². The van der Waals surface area contributed by atoms with Crippen LogP contribution in [-0.2, 0) is 15.1 Å². The summed E-state index contributed by atoms with van der Waals surface area (Å²) in [6.07, 6.45) is 0.840. The Labute approximate surface area is 136 Å². The Morgan fingerprint density at radius 3 is 2.64 bits per heavy atom. The summed E-state index contributed by atoms with van der Waals surface area (Å²) in [4.78, 5) is 12.4. The fraction of sp³-hybridized carbons (Fsp3) is 0.588. The highest BCUT2D eigenvalue weighted by Crippen LogP contribution is 2.29. The average Bonchev–Trinajstić information content (AvgIpc) is 2.91. The summed E-state index contributed by atoms with van der Waals surface area (Å²) in [7, 11) is 0. The van der Waals surface area contributed by atoms with E-state index in [1.165, 1.54) is 31.5 Å². The van der Waals surface area contributed by atoms with Crippen LogP contribution >= 0.6 is 11.8 Å². The van der Waals surface area contributed by atoms with Crippen LogP contribution in [0.25, 0.3) is 0 Å². The maximum atomic E-state index is 12.4. The summed E-state index contributed by atoms with van der Waals surface area (Å²) in [5.74, 6) is 1.86. The number of benzene rings is 1. The van der Waals surface area contributed by atoms with Gasteiger partial charge in [-0.25, -0.2) is 4.79 Å². The number of nitrogens with zero attached hydrogens (tertiary/aromatic N) is 1. The lowest BCUT2D eigenvalue weighted by atomic mass is 9.96. The Kier molecular flexibility index (Phi) is 4.48. The Hall–Kier alpha value is -1.04. The van der Waals surface area contributed by atoms with E-state index in [2.05, 4.69) is 0 Å². The largest absolute Gasteiger partial charge is 0.454 e. The normalized spacial score (nSPS) is 26.5. The highest BCUT2D eigenvalue weighted by Gasteiger charge is 2.43. The van der Waals surface area contributed by atoms with Gasteiger partial charge < -0.3 is 14.3 Å². The first-order valence-electron chi connectivity index (χ1n) is 7.94. The molecule has 2 atom stereocenters. The molecule has 4 nitrogen and oxygen atoms in total. The van der Waals surface area contributed by atoms with Crippen molar-refractivity contribution < 1.29 is 19.1 Å². The zero-order valence-corrected chi connectivity index (χ0v) is 13.8. The highest BCUT2D eigenvalue weighted by atomic mass is 32.2. The molecular formula is C17H24NO3S+. The van der Waals surface area contributed by atoms with Crippen LogP contribution in [0.2, 0.25) is 0 Å². The van der Waals surface area contributed by atoms with Crippen molar-refractivity contribution in [2.45, 2.75) is 25.0 Å². The maximum Gasteiger partial charge on any atom is 0.343 e. The van der Waals surface area contributed by atoms with E-state index in [0.717, 1.165) is 24.0 Å². The van der Waals surface area contributed by atoms with Gasteiger partial charge in [-0.3, -0.25) is 0 Å². The molecule has 1 aromatic carbocycles. The third kappa shape index (κ3) is 3.16. The van der Waals surface area contributed by atoms with Crippen LogP contribution in [0.1, 0.15) is 18.9 Å². The van der Waals surface area contributed by atoms with Crippen molar-refractivity contribution in [2.75, 3.05) is 37.7 Å². The zero-order valence-electron chi connectivity index (χ0n) is 13.0. The predicted molar refractivity (Wildman–Crippen MR) is 87.6 cm³/mol. The van der Waals surface area contributed by atoms with E-state index in [1.54, 1.807) is 12.1 Å². The van der Waals surface area contributed by atoms with E-state index in [0.29, 0.717) is 5.56 Å². The van der Waals surface area contributed by atoms with Crippen molar-refractivity contribution >= 4 is 17.7 Å². The SMILES string of the molecule is CC(O)(C(=O)OC1CC[N+]2(CCSCC2)C1)c1ccccc1. The molecule has 1 aromatic rings. The number of carbonyl (C=O) groups excluding carboxylic acids is 1. The minimum absolute atomic E-state index is 0.0641. The molecule has 3 rings (SSSR count). The van der Waals surface area contributed by atoms with Crippen molar-refractivity contribution in [3.05, 3.63) is 35.9 Å². The van der Waals surface area contributed by atoms with E-state index < -0.39 is 11.6 Å². The number of esters is 1. The summed E-state index contributed by atoms with van der Waals surface area (Å²) in [6, 6.07) is 9.01. The zero-order chi connectivity index (χ0) is 15.6. The van der Waals surface area contributed by atoms with Crippen LogP contribution in [0.15, 0.2) is 30.3 Å². The van der Waals surface area contributed by atoms with Gasteiger partial charge in [-0.2, -0.15) is 11.8 Å². The molecule has 1 spiro atoms. The summed E-state index contributed by atoms with van der Waals surface area (Å²) in [5.41, 5.74) is -0.997. The number of quaternary nitrogens is 1. The van der Waals surface area contributed by atoms with Gasteiger partial charge >= 0.3 is 5.97 Å². The van der Waals surface area contributed by atoms with Crippen LogP contribution in [-0.4, -0.2) is 59.3 Å². The molecule has 2 fully saturated rings. The first kappa shape index (κ1) is 15.8. The Morgan fingerprint density at radius 1 is 1.27 bits per heavy atom. The molecule has 5 heteroatoms. The molecule has 2 aliphatic heterocycles. The molecule has 0 aliphatic carbocycles. The van der Waals surface area contributed by atoms with Crippen LogP contribution in [0.4, 0.5) is 0 Å². The van der Waals surface area contributed by atoms with Crippen molar-refractivity contribution in [3.8, 4) is 0 Å². The van der Waals surface area contributed by atoms with E-state index >= 15 is 0 Å². The molecule has 0 amide bonds. The molecule has 0 saturated carbocycles. The Bertz CT molecular complexity index is 526.